The first-order valence-electron chi connectivity index (χ1n) is 9.49. The fourth-order valence-electron chi connectivity index (χ4n) is 3.08. The van der Waals surface area contributed by atoms with Gasteiger partial charge in [-0.15, -0.1) is 10.2 Å². The molecule has 0 radical (unpaired) electrons. The van der Waals surface area contributed by atoms with E-state index in [0.29, 0.717) is 22.1 Å². The Bertz CT molecular complexity index is 1300. The van der Waals surface area contributed by atoms with Crippen LogP contribution in [0.1, 0.15) is 10.5 Å². The zero-order valence-electron chi connectivity index (χ0n) is 16.8. The molecule has 1 N–H and O–H groups in total. The number of hydrogen-bond acceptors (Lipinski definition) is 5. The number of para-hydroxylation sites is 1. The number of carbonyl (C=O) groups excluding carboxylic acids is 2. The van der Waals surface area contributed by atoms with Crippen LogP contribution in [0.2, 0.25) is 5.02 Å². The number of imide groups is 1. The van der Waals surface area contributed by atoms with Crippen LogP contribution in [0.3, 0.4) is 0 Å². The van der Waals surface area contributed by atoms with Crippen molar-refractivity contribution in [3.05, 3.63) is 83.4 Å². The van der Waals surface area contributed by atoms with E-state index in [1.807, 2.05) is 0 Å². The normalized spacial score (nSPS) is 10.8. The maximum atomic E-state index is 14.7. The molecule has 0 fully saturated rings. The lowest BCUT2D eigenvalue weighted by molar-refractivity contribution is -0.117. The molecule has 0 spiro atoms. The summed E-state index contributed by atoms with van der Waals surface area (Å²) in [5.41, 5.74) is 1.15. The van der Waals surface area contributed by atoms with Crippen molar-refractivity contribution in [2.45, 2.75) is 5.16 Å². The van der Waals surface area contributed by atoms with Gasteiger partial charge in [-0.05, 0) is 36.4 Å². The lowest BCUT2D eigenvalue weighted by Gasteiger charge is -2.12. The number of aromatic nitrogens is 4. The third kappa shape index (κ3) is 4.44. The Morgan fingerprint density at radius 1 is 1.06 bits per heavy atom. The molecule has 4 rings (SSSR count). The quantitative estimate of drug-likeness (QED) is 0.430. The van der Waals surface area contributed by atoms with Crippen LogP contribution in [-0.2, 0) is 11.8 Å². The third-order valence-corrected chi connectivity index (χ3v) is 5.86. The number of carbonyl (C=O) groups is 2. The number of nitrogens with zero attached hydrogens (tertiary/aromatic N) is 4. The van der Waals surface area contributed by atoms with Gasteiger partial charge in [0.15, 0.2) is 11.0 Å². The van der Waals surface area contributed by atoms with Gasteiger partial charge in [-0.1, -0.05) is 47.6 Å². The van der Waals surface area contributed by atoms with Crippen molar-refractivity contribution < 1.29 is 14.0 Å². The Morgan fingerprint density at radius 2 is 1.81 bits per heavy atom. The molecule has 0 saturated heterocycles. The molecule has 2 heterocycles. The lowest BCUT2D eigenvalue weighted by Crippen LogP contribution is -2.33. The minimum Gasteiger partial charge on any atom is -0.347 e. The number of rotatable bonds is 6. The fourth-order valence-corrected chi connectivity index (χ4v) is 4.05. The van der Waals surface area contributed by atoms with Gasteiger partial charge in [0.05, 0.1) is 16.5 Å². The molecule has 7 nitrogen and oxygen atoms in total. The van der Waals surface area contributed by atoms with Gasteiger partial charge in [-0.25, -0.2) is 4.39 Å². The third-order valence-electron chi connectivity index (χ3n) is 4.60. The Labute approximate surface area is 192 Å². The number of hydrogen-bond donors (Lipinski definition) is 1. The summed E-state index contributed by atoms with van der Waals surface area (Å²) < 4.78 is 17.8. The van der Waals surface area contributed by atoms with Gasteiger partial charge >= 0.3 is 0 Å². The average Bonchev–Trinajstić information content (AvgIpc) is 3.39. The molecule has 0 atom stereocenters. The smallest absolute Gasteiger partial charge is 0.274 e. The molecule has 2 aromatic carbocycles. The van der Waals surface area contributed by atoms with Crippen LogP contribution in [0.25, 0.3) is 17.1 Å². The standard InChI is InChI=1S/C22H17ClFN5O2S/c1-28-12-6-11-18(28)21(31)25-19(30)13-32-22-27-26-20(14-7-2-3-8-15(14)23)29(22)17-10-5-4-9-16(17)24/h2-12H,13H2,1H3,(H,25,30,31). The van der Waals surface area contributed by atoms with E-state index in [2.05, 4.69) is 15.5 Å². The van der Waals surface area contributed by atoms with Gasteiger partial charge in [0.25, 0.3) is 5.91 Å². The zero-order chi connectivity index (χ0) is 22.7. The second-order valence-corrected chi connectivity index (χ2v) is 8.09. The molecule has 0 aliphatic rings. The highest BCUT2D eigenvalue weighted by atomic mass is 35.5. The van der Waals surface area contributed by atoms with E-state index in [1.165, 1.54) is 10.6 Å². The second-order valence-electron chi connectivity index (χ2n) is 6.74. The Balaban J connectivity index is 1.61. The Kier molecular flexibility index (Phi) is 6.38. The minimum atomic E-state index is -0.511. The van der Waals surface area contributed by atoms with E-state index in [-0.39, 0.29) is 16.6 Å². The largest absolute Gasteiger partial charge is 0.347 e. The van der Waals surface area contributed by atoms with Crippen molar-refractivity contribution in [1.29, 1.82) is 0 Å². The topological polar surface area (TPSA) is 81.8 Å². The number of aryl methyl sites for hydroxylation is 1. The first-order chi connectivity index (χ1) is 15.5. The SMILES string of the molecule is Cn1cccc1C(=O)NC(=O)CSc1nnc(-c2ccccc2Cl)n1-c1ccccc1F. The van der Waals surface area contributed by atoms with Gasteiger partial charge in [-0.3, -0.25) is 19.5 Å². The highest BCUT2D eigenvalue weighted by molar-refractivity contribution is 7.99. The predicted octanol–water partition coefficient (Wildman–Crippen LogP) is 4.11. The maximum absolute atomic E-state index is 14.7. The van der Waals surface area contributed by atoms with Crippen LogP contribution >= 0.6 is 23.4 Å². The highest BCUT2D eigenvalue weighted by Gasteiger charge is 2.21. The number of nitrogens with one attached hydrogen (secondary N) is 1. The minimum absolute atomic E-state index is 0.120. The predicted molar refractivity (Wildman–Crippen MR) is 120 cm³/mol. The van der Waals surface area contributed by atoms with Crippen LogP contribution in [0.5, 0.6) is 0 Å². The summed E-state index contributed by atoms with van der Waals surface area (Å²) in [4.78, 5) is 24.6. The van der Waals surface area contributed by atoms with Crippen molar-refractivity contribution in [1.82, 2.24) is 24.6 Å². The lowest BCUT2D eigenvalue weighted by atomic mass is 10.2. The summed E-state index contributed by atoms with van der Waals surface area (Å²) in [6, 6.07) is 16.5. The Hall–Kier alpha value is -3.43. The molecule has 4 aromatic rings. The monoisotopic (exact) mass is 469 g/mol. The van der Waals surface area contributed by atoms with Crippen LogP contribution in [0.15, 0.2) is 72.0 Å². The van der Waals surface area contributed by atoms with E-state index in [9.17, 15) is 14.0 Å². The highest BCUT2D eigenvalue weighted by Crippen LogP contribution is 2.32. The van der Waals surface area contributed by atoms with E-state index in [4.69, 9.17) is 11.6 Å². The Morgan fingerprint density at radius 3 is 2.53 bits per heavy atom. The van der Waals surface area contributed by atoms with Crippen molar-refractivity contribution in [2.24, 2.45) is 7.05 Å². The van der Waals surface area contributed by atoms with Crippen LogP contribution in [0.4, 0.5) is 4.39 Å². The molecule has 162 valence electrons. The molecule has 0 aliphatic heterocycles. The average molecular weight is 470 g/mol. The first kappa shape index (κ1) is 21.8. The van der Waals surface area contributed by atoms with E-state index >= 15 is 0 Å². The summed E-state index contributed by atoms with van der Waals surface area (Å²) >= 11 is 7.36. The summed E-state index contributed by atoms with van der Waals surface area (Å²) in [6.07, 6.45) is 1.71. The second kappa shape index (κ2) is 9.37. The van der Waals surface area contributed by atoms with Gasteiger partial charge in [0.2, 0.25) is 5.91 Å². The molecule has 0 aliphatic carbocycles. The van der Waals surface area contributed by atoms with Crippen molar-refractivity contribution in [2.75, 3.05) is 5.75 Å². The van der Waals surface area contributed by atoms with Gasteiger partial charge in [-0.2, -0.15) is 0 Å². The van der Waals surface area contributed by atoms with E-state index in [1.54, 1.807) is 72.4 Å². The van der Waals surface area contributed by atoms with Crippen molar-refractivity contribution in [3.8, 4) is 17.1 Å². The molecule has 2 aromatic heterocycles. The first-order valence-corrected chi connectivity index (χ1v) is 10.9. The summed E-state index contributed by atoms with van der Waals surface area (Å²) in [5.74, 6) is -1.28. The zero-order valence-corrected chi connectivity index (χ0v) is 18.4. The van der Waals surface area contributed by atoms with E-state index in [0.717, 1.165) is 11.8 Å². The fraction of sp³-hybridized carbons (Fsp3) is 0.0909. The van der Waals surface area contributed by atoms with Crippen LogP contribution < -0.4 is 5.32 Å². The number of halogens is 2. The van der Waals surface area contributed by atoms with Gasteiger partial charge in [0.1, 0.15) is 11.5 Å². The van der Waals surface area contributed by atoms with Crippen LogP contribution in [0, 0.1) is 5.82 Å². The van der Waals surface area contributed by atoms with Crippen molar-refractivity contribution >= 4 is 35.2 Å². The van der Waals surface area contributed by atoms with Gasteiger partial charge in [0, 0.05) is 18.8 Å². The number of amides is 2. The molecular weight excluding hydrogens is 453 g/mol. The summed E-state index contributed by atoms with van der Waals surface area (Å²) in [6.45, 7) is 0. The van der Waals surface area contributed by atoms with E-state index < -0.39 is 17.6 Å². The molecule has 0 bridgehead atoms. The maximum Gasteiger partial charge on any atom is 0.274 e. The number of thioether (sulfide) groups is 1. The van der Waals surface area contributed by atoms with Gasteiger partial charge < -0.3 is 4.57 Å². The molecular formula is C22H17ClFN5O2S. The number of benzene rings is 2. The molecule has 0 unspecified atom stereocenters. The van der Waals surface area contributed by atoms with Crippen LogP contribution in [-0.4, -0.2) is 36.9 Å². The molecule has 0 saturated carbocycles. The van der Waals surface area contributed by atoms with Crippen molar-refractivity contribution in [3.63, 3.8) is 0 Å². The molecule has 10 heteroatoms. The molecule has 2 amide bonds. The molecule has 32 heavy (non-hydrogen) atoms. The summed E-state index contributed by atoms with van der Waals surface area (Å²) in [5, 5.41) is 11.4. The summed E-state index contributed by atoms with van der Waals surface area (Å²) in [7, 11) is 1.71.